The largest absolute Gasteiger partial charge is 0.486 e. The van der Waals surface area contributed by atoms with Crippen molar-refractivity contribution in [3.8, 4) is 5.75 Å². The third kappa shape index (κ3) is 6.84. The minimum absolute atomic E-state index is 0. The number of aromatic nitrogens is 1. The number of nitrogens with one attached hydrogen (secondary N) is 1. The standard InChI is InChI=1S/C20H28FN5O2.HI/c1-15-12-17(24-28-15)14-25-8-10-26(11-9-25)20(22-3)23-13-16(2)27-19-7-5-4-6-18(19)21;/h4-7,12,16H,8-11,13-14H2,1-3H3,(H,22,23);1H. The SMILES string of the molecule is CN=C(NCC(C)Oc1ccccc1F)N1CCN(Cc2cc(C)on2)CC1.I. The Balaban J connectivity index is 0.00000300. The molecule has 0 amide bonds. The third-order valence-corrected chi connectivity index (χ3v) is 4.66. The molecular formula is C20H29FIN5O2. The van der Waals surface area contributed by atoms with E-state index in [1.54, 1.807) is 25.2 Å². The van der Waals surface area contributed by atoms with E-state index in [0.29, 0.717) is 6.54 Å². The predicted molar refractivity (Wildman–Crippen MR) is 121 cm³/mol. The first-order valence-corrected chi connectivity index (χ1v) is 9.56. The van der Waals surface area contributed by atoms with Crippen molar-refractivity contribution in [1.82, 2.24) is 20.3 Å². The summed E-state index contributed by atoms with van der Waals surface area (Å²) in [5.74, 6) is 1.59. The van der Waals surface area contributed by atoms with Crippen molar-refractivity contribution >= 4 is 29.9 Å². The van der Waals surface area contributed by atoms with Crippen molar-refractivity contribution < 1.29 is 13.7 Å². The number of piperazine rings is 1. The van der Waals surface area contributed by atoms with Crippen LogP contribution in [0.4, 0.5) is 4.39 Å². The number of benzene rings is 1. The van der Waals surface area contributed by atoms with E-state index in [4.69, 9.17) is 9.26 Å². The van der Waals surface area contributed by atoms with Crippen molar-refractivity contribution in [3.05, 3.63) is 47.6 Å². The molecule has 1 aromatic heterocycles. The lowest BCUT2D eigenvalue weighted by molar-refractivity contribution is 0.166. The molecule has 1 fully saturated rings. The van der Waals surface area contributed by atoms with E-state index in [1.807, 2.05) is 19.9 Å². The van der Waals surface area contributed by atoms with Gasteiger partial charge in [-0.05, 0) is 26.0 Å². The highest BCUT2D eigenvalue weighted by Gasteiger charge is 2.21. The zero-order chi connectivity index (χ0) is 19.9. The first kappa shape index (κ1) is 23.4. The van der Waals surface area contributed by atoms with E-state index in [2.05, 4.69) is 25.3 Å². The molecule has 160 valence electrons. The van der Waals surface area contributed by atoms with E-state index in [0.717, 1.165) is 50.1 Å². The van der Waals surface area contributed by atoms with Gasteiger partial charge in [-0.3, -0.25) is 9.89 Å². The van der Waals surface area contributed by atoms with Crippen LogP contribution in [0, 0.1) is 12.7 Å². The van der Waals surface area contributed by atoms with Gasteiger partial charge in [-0.1, -0.05) is 17.3 Å². The van der Waals surface area contributed by atoms with E-state index in [-0.39, 0.29) is 41.6 Å². The molecule has 0 bridgehead atoms. The van der Waals surface area contributed by atoms with Crippen molar-refractivity contribution in [1.29, 1.82) is 0 Å². The monoisotopic (exact) mass is 517 g/mol. The summed E-state index contributed by atoms with van der Waals surface area (Å²) in [6, 6.07) is 8.42. The summed E-state index contributed by atoms with van der Waals surface area (Å²) >= 11 is 0. The maximum atomic E-state index is 13.7. The van der Waals surface area contributed by atoms with E-state index in [9.17, 15) is 4.39 Å². The lowest BCUT2D eigenvalue weighted by Gasteiger charge is -2.36. The summed E-state index contributed by atoms with van der Waals surface area (Å²) in [7, 11) is 1.77. The van der Waals surface area contributed by atoms with Gasteiger partial charge in [0.2, 0.25) is 0 Å². The highest BCUT2D eigenvalue weighted by atomic mass is 127. The number of rotatable bonds is 6. The van der Waals surface area contributed by atoms with Gasteiger partial charge in [0.05, 0.1) is 12.2 Å². The quantitative estimate of drug-likeness (QED) is 0.361. The zero-order valence-electron chi connectivity index (χ0n) is 17.1. The van der Waals surface area contributed by atoms with Crippen LogP contribution in [0.3, 0.4) is 0 Å². The van der Waals surface area contributed by atoms with Gasteiger partial charge in [0.1, 0.15) is 11.9 Å². The smallest absolute Gasteiger partial charge is 0.193 e. The normalized spacial score (nSPS) is 16.3. The molecule has 29 heavy (non-hydrogen) atoms. The van der Waals surface area contributed by atoms with Crippen LogP contribution in [-0.4, -0.2) is 66.8 Å². The van der Waals surface area contributed by atoms with Crippen LogP contribution in [0.25, 0.3) is 0 Å². The van der Waals surface area contributed by atoms with E-state index >= 15 is 0 Å². The summed E-state index contributed by atoms with van der Waals surface area (Å²) in [4.78, 5) is 8.95. The molecule has 7 nitrogen and oxygen atoms in total. The van der Waals surface area contributed by atoms with Gasteiger partial charge in [0.15, 0.2) is 17.5 Å². The van der Waals surface area contributed by atoms with Gasteiger partial charge < -0.3 is 19.5 Å². The second-order valence-corrected chi connectivity index (χ2v) is 6.98. The van der Waals surface area contributed by atoms with E-state index in [1.165, 1.54) is 6.07 Å². The summed E-state index contributed by atoms with van der Waals surface area (Å²) < 4.78 is 24.5. The van der Waals surface area contributed by atoms with Gasteiger partial charge in [0, 0.05) is 45.8 Å². The van der Waals surface area contributed by atoms with Crippen molar-refractivity contribution in [2.24, 2.45) is 4.99 Å². The molecular weight excluding hydrogens is 488 g/mol. The molecule has 2 aromatic rings. The Hall–Kier alpha value is -1.88. The number of aryl methyl sites for hydroxylation is 1. The molecule has 0 aliphatic carbocycles. The fourth-order valence-electron chi connectivity index (χ4n) is 3.21. The molecule has 1 aromatic carbocycles. The van der Waals surface area contributed by atoms with Crippen LogP contribution in [0.2, 0.25) is 0 Å². The van der Waals surface area contributed by atoms with Gasteiger partial charge >= 0.3 is 0 Å². The first-order chi connectivity index (χ1) is 13.5. The van der Waals surface area contributed by atoms with Crippen molar-refractivity contribution in [2.45, 2.75) is 26.5 Å². The number of hydrogen-bond acceptors (Lipinski definition) is 5. The molecule has 1 unspecified atom stereocenters. The summed E-state index contributed by atoms with van der Waals surface area (Å²) in [6.07, 6.45) is -0.189. The Morgan fingerprint density at radius 3 is 2.66 bits per heavy atom. The van der Waals surface area contributed by atoms with E-state index < -0.39 is 0 Å². The molecule has 2 heterocycles. The summed E-state index contributed by atoms with van der Waals surface area (Å²) in [5, 5.41) is 7.39. The number of aliphatic imine (C=N–C) groups is 1. The average Bonchev–Trinajstić information content (AvgIpc) is 3.10. The van der Waals surface area contributed by atoms with Crippen LogP contribution in [-0.2, 0) is 6.54 Å². The fourth-order valence-corrected chi connectivity index (χ4v) is 3.21. The average molecular weight is 517 g/mol. The lowest BCUT2D eigenvalue weighted by atomic mass is 10.3. The zero-order valence-corrected chi connectivity index (χ0v) is 19.4. The lowest BCUT2D eigenvalue weighted by Crippen LogP contribution is -2.53. The fraction of sp³-hybridized carbons (Fsp3) is 0.500. The Morgan fingerprint density at radius 2 is 2.03 bits per heavy atom. The molecule has 1 saturated heterocycles. The van der Waals surface area contributed by atoms with Crippen LogP contribution in [0.1, 0.15) is 18.4 Å². The molecule has 0 radical (unpaired) electrons. The topological polar surface area (TPSA) is 66.1 Å². The summed E-state index contributed by atoms with van der Waals surface area (Å²) in [5.41, 5.74) is 0.965. The van der Waals surface area contributed by atoms with Crippen molar-refractivity contribution in [2.75, 3.05) is 39.8 Å². The van der Waals surface area contributed by atoms with Crippen LogP contribution < -0.4 is 10.1 Å². The molecule has 0 spiro atoms. The highest BCUT2D eigenvalue weighted by molar-refractivity contribution is 14.0. The molecule has 1 aliphatic rings. The Labute approximate surface area is 188 Å². The number of nitrogens with zero attached hydrogens (tertiary/aromatic N) is 4. The Morgan fingerprint density at radius 1 is 1.31 bits per heavy atom. The van der Waals surface area contributed by atoms with Gasteiger partial charge in [-0.25, -0.2) is 4.39 Å². The van der Waals surface area contributed by atoms with Gasteiger partial charge in [-0.2, -0.15) is 0 Å². The first-order valence-electron chi connectivity index (χ1n) is 9.56. The molecule has 1 atom stereocenters. The molecule has 1 N–H and O–H groups in total. The number of hydrogen-bond donors (Lipinski definition) is 1. The third-order valence-electron chi connectivity index (χ3n) is 4.66. The Kier molecular flexibility index (Phi) is 9.15. The molecule has 1 aliphatic heterocycles. The summed E-state index contributed by atoms with van der Waals surface area (Å²) in [6.45, 7) is 8.75. The van der Waals surface area contributed by atoms with Gasteiger partial charge in [-0.15, -0.1) is 24.0 Å². The second kappa shape index (κ2) is 11.3. The predicted octanol–water partition coefficient (Wildman–Crippen LogP) is 2.90. The molecule has 0 saturated carbocycles. The maximum absolute atomic E-state index is 13.7. The number of halogens is 2. The minimum atomic E-state index is -0.350. The van der Waals surface area contributed by atoms with Gasteiger partial charge in [0.25, 0.3) is 0 Å². The molecule has 3 rings (SSSR count). The second-order valence-electron chi connectivity index (χ2n) is 6.98. The number of ether oxygens (including phenoxy) is 1. The van der Waals surface area contributed by atoms with Crippen LogP contribution in [0.15, 0.2) is 39.8 Å². The van der Waals surface area contributed by atoms with Crippen LogP contribution in [0.5, 0.6) is 5.75 Å². The molecule has 9 heteroatoms. The highest BCUT2D eigenvalue weighted by Crippen LogP contribution is 2.16. The minimum Gasteiger partial charge on any atom is -0.486 e. The van der Waals surface area contributed by atoms with Crippen LogP contribution >= 0.6 is 24.0 Å². The maximum Gasteiger partial charge on any atom is 0.193 e. The number of para-hydroxylation sites is 1. The number of guanidine groups is 1. The van der Waals surface area contributed by atoms with Crippen molar-refractivity contribution in [3.63, 3.8) is 0 Å². The Bertz CT molecular complexity index is 793.